The van der Waals surface area contributed by atoms with Gasteiger partial charge < -0.3 is 10.0 Å². The van der Waals surface area contributed by atoms with Crippen LogP contribution in [-0.2, 0) is 11.8 Å². The Morgan fingerprint density at radius 2 is 2.10 bits per heavy atom. The third kappa shape index (κ3) is 3.73. The largest absolute Gasteiger partial charge is 0.416 e. The lowest BCUT2D eigenvalue weighted by Gasteiger charge is -2.41. The molecule has 2 atom stereocenters. The second kappa shape index (κ2) is 6.18. The molecule has 1 fully saturated rings. The molecule has 2 unspecified atom stereocenters. The van der Waals surface area contributed by atoms with Crippen LogP contribution >= 0.6 is 11.8 Å². The zero-order valence-electron chi connectivity index (χ0n) is 12.2. The van der Waals surface area contributed by atoms with E-state index in [9.17, 15) is 18.3 Å². The van der Waals surface area contributed by atoms with Crippen LogP contribution in [0.25, 0.3) is 0 Å². The van der Waals surface area contributed by atoms with E-state index in [0.717, 1.165) is 23.6 Å². The molecule has 2 rings (SSSR count). The van der Waals surface area contributed by atoms with Crippen molar-refractivity contribution in [1.82, 2.24) is 4.90 Å². The Morgan fingerprint density at radius 3 is 2.71 bits per heavy atom. The molecule has 1 N–H and O–H groups in total. The fraction of sp³-hybridized carbons (Fsp3) is 0.600. The van der Waals surface area contributed by atoms with Gasteiger partial charge in [0.2, 0.25) is 0 Å². The molecule has 6 heteroatoms. The highest BCUT2D eigenvalue weighted by molar-refractivity contribution is 7.99. The molecule has 0 amide bonds. The Balaban J connectivity index is 2.36. The van der Waals surface area contributed by atoms with Crippen LogP contribution in [0.3, 0.4) is 0 Å². The van der Waals surface area contributed by atoms with Crippen LogP contribution in [0, 0.1) is 5.92 Å². The second-order valence-electron chi connectivity index (χ2n) is 5.79. The summed E-state index contributed by atoms with van der Waals surface area (Å²) in [6, 6.07) is 5.13. The monoisotopic (exact) mass is 319 g/mol. The van der Waals surface area contributed by atoms with Gasteiger partial charge in [0.1, 0.15) is 0 Å². The third-order valence-corrected chi connectivity index (χ3v) is 5.03. The summed E-state index contributed by atoms with van der Waals surface area (Å²) in [5, 5.41) is 11.0. The maximum Gasteiger partial charge on any atom is 0.416 e. The van der Waals surface area contributed by atoms with Gasteiger partial charge in [-0.25, -0.2) is 0 Å². The first-order chi connectivity index (χ1) is 9.73. The highest BCUT2D eigenvalue weighted by Gasteiger charge is 2.42. The van der Waals surface area contributed by atoms with E-state index >= 15 is 0 Å². The number of aliphatic hydroxyl groups is 1. The number of thioether (sulfide) groups is 1. The van der Waals surface area contributed by atoms with E-state index in [2.05, 4.69) is 0 Å². The maximum atomic E-state index is 12.9. The van der Waals surface area contributed by atoms with Gasteiger partial charge in [-0.2, -0.15) is 24.9 Å². The molecule has 21 heavy (non-hydrogen) atoms. The third-order valence-electron chi connectivity index (χ3n) is 3.90. The number of hydrogen-bond donors (Lipinski definition) is 1. The first-order valence-corrected chi connectivity index (χ1v) is 8.01. The molecule has 1 aliphatic rings. The van der Waals surface area contributed by atoms with Crippen molar-refractivity contribution in [3.8, 4) is 0 Å². The van der Waals surface area contributed by atoms with Gasteiger partial charge in [0.05, 0.1) is 11.2 Å². The Labute approximate surface area is 127 Å². The van der Waals surface area contributed by atoms with Gasteiger partial charge in [-0.1, -0.05) is 12.1 Å². The minimum atomic E-state index is -4.38. The molecule has 0 bridgehead atoms. The van der Waals surface area contributed by atoms with Crippen LogP contribution in [-0.4, -0.2) is 42.2 Å². The normalized spacial score (nSPS) is 27.1. The number of benzene rings is 1. The summed E-state index contributed by atoms with van der Waals surface area (Å²) in [4.78, 5) is 1.97. The molecular formula is C15H20F3NOS. The van der Waals surface area contributed by atoms with Crippen molar-refractivity contribution in [2.24, 2.45) is 5.92 Å². The van der Waals surface area contributed by atoms with Crippen LogP contribution < -0.4 is 0 Å². The Morgan fingerprint density at radius 1 is 1.38 bits per heavy atom. The predicted octanol–water partition coefficient (Wildman–Crippen LogP) is 3.21. The standard InChI is InChI=1S/C15H20F3NOS/c1-19(2)9-13-10-21-7-6-14(13,20)11-4-3-5-12(8-11)15(16,17)18/h3-5,8,13,20H,6-7,9-10H2,1-2H3. The van der Waals surface area contributed by atoms with E-state index in [1.807, 2.05) is 19.0 Å². The first kappa shape index (κ1) is 16.6. The molecule has 1 aliphatic heterocycles. The lowest BCUT2D eigenvalue weighted by atomic mass is 9.79. The molecule has 0 aromatic heterocycles. The lowest BCUT2D eigenvalue weighted by Crippen LogP contribution is -2.45. The van der Waals surface area contributed by atoms with E-state index in [1.54, 1.807) is 17.8 Å². The molecule has 0 saturated carbocycles. The molecule has 0 aliphatic carbocycles. The Bertz CT molecular complexity index is 492. The van der Waals surface area contributed by atoms with Crippen molar-refractivity contribution in [3.05, 3.63) is 35.4 Å². The molecular weight excluding hydrogens is 299 g/mol. The molecule has 0 spiro atoms. The van der Waals surface area contributed by atoms with Crippen LogP contribution in [0.5, 0.6) is 0 Å². The molecule has 1 saturated heterocycles. The topological polar surface area (TPSA) is 23.5 Å². The highest BCUT2D eigenvalue weighted by atomic mass is 32.2. The van der Waals surface area contributed by atoms with Crippen molar-refractivity contribution >= 4 is 11.8 Å². The lowest BCUT2D eigenvalue weighted by molar-refractivity contribution is -0.137. The van der Waals surface area contributed by atoms with E-state index in [1.165, 1.54) is 6.07 Å². The van der Waals surface area contributed by atoms with Gasteiger partial charge in [0, 0.05) is 18.2 Å². The Hall–Kier alpha value is -0.720. The number of alkyl halides is 3. The van der Waals surface area contributed by atoms with Crippen molar-refractivity contribution < 1.29 is 18.3 Å². The average Bonchev–Trinajstić information content (AvgIpc) is 2.40. The summed E-state index contributed by atoms with van der Waals surface area (Å²) in [7, 11) is 3.82. The van der Waals surface area contributed by atoms with Gasteiger partial charge in [-0.15, -0.1) is 0 Å². The molecule has 1 aromatic carbocycles. The van der Waals surface area contributed by atoms with E-state index < -0.39 is 17.3 Å². The average molecular weight is 319 g/mol. The number of rotatable bonds is 3. The van der Waals surface area contributed by atoms with Crippen molar-refractivity contribution in [1.29, 1.82) is 0 Å². The van der Waals surface area contributed by atoms with Crippen LogP contribution in [0.4, 0.5) is 13.2 Å². The molecule has 0 radical (unpaired) electrons. The highest BCUT2D eigenvalue weighted by Crippen LogP contribution is 2.42. The summed E-state index contributed by atoms with van der Waals surface area (Å²) >= 11 is 1.74. The SMILES string of the molecule is CN(C)CC1CSCCC1(O)c1cccc(C(F)(F)F)c1. The summed E-state index contributed by atoms with van der Waals surface area (Å²) in [6.45, 7) is 0.653. The fourth-order valence-electron chi connectivity index (χ4n) is 2.78. The number of hydrogen-bond acceptors (Lipinski definition) is 3. The summed E-state index contributed by atoms with van der Waals surface area (Å²) in [6.07, 6.45) is -3.90. The second-order valence-corrected chi connectivity index (χ2v) is 6.94. The summed E-state index contributed by atoms with van der Waals surface area (Å²) < 4.78 is 38.6. The smallest absolute Gasteiger partial charge is 0.385 e. The van der Waals surface area contributed by atoms with Gasteiger partial charge in [0.15, 0.2) is 0 Å². The fourth-order valence-corrected chi connectivity index (χ4v) is 4.07. The van der Waals surface area contributed by atoms with E-state index in [4.69, 9.17) is 0 Å². The minimum Gasteiger partial charge on any atom is -0.385 e. The number of halogens is 3. The van der Waals surface area contributed by atoms with Crippen molar-refractivity contribution in [3.63, 3.8) is 0 Å². The van der Waals surface area contributed by atoms with Crippen molar-refractivity contribution in [2.45, 2.75) is 18.2 Å². The van der Waals surface area contributed by atoms with Gasteiger partial charge in [-0.05, 0) is 44.0 Å². The van der Waals surface area contributed by atoms with E-state index in [-0.39, 0.29) is 5.92 Å². The van der Waals surface area contributed by atoms with Gasteiger partial charge in [-0.3, -0.25) is 0 Å². The molecule has 1 heterocycles. The van der Waals surface area contributed by atoms with Crippen molar-refractivity contribution in [2.75, 3.05) is 32.1 Å². The predicted molar refractivity (Wildman–Crippen MR) is 79.3 cm³/mol. The van der Waals surface area contributed by atoms with Crippen LogP contribution in [0.1, 0.15) is 17.5 Å². The van der Waals surface area contributed by atoms with Gasteiger partial charge >= 0.3 is 6.18 Å². The maximum absolute atomic E-state index is 12.9. The summed E-state index contributed by atoms with van der Waals surface area (Å²) in [5.41, 5.74) is -1.50. The van der Waals surface area contributed by atoms with E-state index in [0.29, 0.717) is 18.5 Å². The zero-order valence-corrected chi connectivity index (χ0v) is 13.0. The number of nitrogens with zero attached hydrogens (tertiary/aromatic N) is 1. The molecule has 1 aromatic rings. The van der Waals surface area contributed by atoms with Crippen LogP contribution in [0.15, 0.2) is 24.3 Å². The quantitative estimate of drug-likeness (QED) is 0.925. The van der Waals surface area contributed by atoms with Gasteiger partial charge in [0.25, 0.3) is 0 Å². The first-order valence-electron chi connectivity index (χ1n) is 6.86. The molecule has 2 nitrogen and oxygen atoms in total. The molecule has 118 valence electrons. The Kier molecular flexibility index (Phi) is 4.90. The zero-order chi connectivity index (χ0) is 15.7. The summed E-state index contributed by atoms with van der Waals surface area (Å²) in [5.74, 6) is 1.44. The van der Waals surface area contributed by atoms with Crippen LogP contribution in [0.2, 0.25) is 0 Å². The minimum absolute atomic E-state index is 0.0743.